The second-order valence-electron chi connectivity index (χ2n) is 5.03. The third-order valence-corrected chi connectivity index (χ3v) is 4.23. The third kappa shape index (κ3) is 3.71. The van der Waals surface area contributed by atoms with E-state index >= 15 is 0 Å². The van der Waals surface area contributed by atoms with Gasteiger partial charge in [0.2, 0.25) is 5.91 Å². The molecule has 0 spiro atoms. The number of piperidine rings is 1. The van der Waals surface area contributed by atoms with Crippen LogP contribution in [0.15, 0.2) is 6.07 Å². The summed E-state index contributed by atoms with van der Waals surface area (Å²) in [5, 5.41) is 6.89. The van der Waals surface area contributed by atoms with E-state index in [2.05, 4.69) is 20.5 Å². The number of carbonyl (C=O) groups is 1. The fraction of sp³-hybridized carbons (Fsp3) is 0.571. The number of rotatable bonds is 4. The molecule has 7 heteroatoms. The molecular formula is C14H20Cl2N4O. The van der Waals surface area contributed by atoms with E-state index in [1.165, 1.54) is 0 Å². The normalized spacial score (nSPS) is 15.9. The molecular weight excluding hydrogens is 311 g/mol. The summed E-state index contributed by atoms with van der Waals surface area (Å²) in [6.45, 7) is 4.25. The molecule has 1 aliphatic rings. The van der Waals surface area contributed by atoms with E-state index in [-0.39, 0.29) is 11.8 Å². The van der Waals surface area contributed by atoms with Gasteiger partial charge in [0.05, 0.1) is 10.0 Å². The first-order valence-electron chi connectivity index (χ1n) is 7.13. The van der Waals surface area contributed by atoms with E-state index in [1.807, 2.05) is 6.92 Å². The molecule has 0 atom stereocenters. The van der Waals surface area contributed by atoms with Crippen molar-refractivity contribution in [1.82, 2.24) is 10.3 Å². The van der Waals surface area contributed by atoms with Gasteiger partial charge in [-0.2, -0.15) is 0 Å². The van der Waals surface area contributed by atoms with Crippen LogP contribution in [0.25, 0.3) is 0 Å². The number of hydrogen-bond acceptors (Lipinski definition) is 4. The molecule has 2 rings (SSSR count). The number of anilines is 2. The van der Waals surface area contributed by atoms with Crippen LogP contribution in [-0.2, 0) is 4.79 Å². The van der Waals surface area contributed by atoms with E-state index in [0.717, 1.165) is 38.3 Å². The average Bonchev–Trinajstić information content (AvgIpc) is 2.49. The maximum atomic E-state index is 11.7. The van der Waals surface area contributed by atoms with Crippen molar-refractivity contribution in [3.8, 4) is 0 Å². The molecule has 116 valence electrons. The summed E-state index contributed by atoms with van der Waals surface area (Å²) < 4.78 is 0. The van der Waals surface area contributed by atoms with E-state index in [1.54, 1.807) is 13.1 Å². The van der Waals surface area contributed by atoms with Crippen molar-refractivity contribution >= 4 is 40.7 Å². The van der Waals surface area contributed by atoms with Gasteiger partial charge in [-0.1, -0.05) is 23.2 Å². The minimum atomic E-state index is 0.0746. The molecule has 1 fully saturated rings. The van der Waals surface area contributed by atoms with Crippen LogP contribution in [0.2, 0.25) is 10.0 Å². The Morgan fingerprint density at radius 2 is 2.05 bits per heavy atom. The molecule has 1 aliphatic heterocycles. The average molecular weight is 331 g/mol. The number of pyridine rings is 1. The van der Waals surface area contributed by atoms with E-state index in [0.29, 0.717) is 15.9 Å². The van der Waals surface area contributed by atoms with Gasteiger partial charge in [0.25, 0.3) is 0 Å². The van der Waals surface area contributed by atoms with E-state index < -0.39 is 0 Å². The lowest BCUT2D eigenvalue weighted by Gasteiger charge is -2.32. The molecule has 21 heavy (non-hydrogen) atoms. The first-order valence-corrected chi connectivity index (χ1v) is 7.88. The number of hydrogen-bond donors (Lipinski definition) is 2. The van der Waals surface area contributed by atoms with Crippen LogP contribution >= 0.6 is 23.2 Å². The van der Waals surface area contributed by atoms with Gasteiger partial charge in [-0.3, -0.25) is 4.79 Å². The van der Waals surface area contributed by atoms with E-state index in [4.69, 9.17) is 23.2 Å². The monoisotopic (exact) mass is 330 g/mol. The summed E-state index contributed by atoms with van der Waals surface area (Å²) >= 11 is 12.4. The third-order valence-electron chi connectivity index (χ3n) is 3.67. The smallest absolute Gasteiger partial charge is 0.222 e. The molecule has 0 bridgehead atoms. The standard InChI is InChI=1S/C14H20Cl2N4O/c1-3-18-12-10(15)8-11(16)13(19-12)20-6-4-9(5-7-20)14(21)17-2/h8-9H,3-7H2,1-2H3,(H,17,21)(H,18,19). The van der Waals surface area contributed by atoms with Gasteiger partial charge in [0.15, 0.2) is 0 Å². The van der Waals surface area contributed by atoms with Gasteiger partial charge in [-0.05, 0) is 25.8 Å². The number of nitrogens with one attached hydrogen (secondary N) is 2. The van der Waals surface area contributed by atoms with Crippen LogP contribution < -0.4 is 15.5 Å². The van der Waals surface area contributed by atoms with Crippen molar-refractivity contribution in [3.63, 3.8) is 0 Å². The summed E-state index contributed by atoms with van der Waals surface area (Å²) in [4.78, 5) is 18.3. The Morgan fingerprint density at radius 3 is 2.62 bits per heavy atom. The molecule has 2 heterocycles. The molecule has 0 radical (unpaired) electrons. The van der Waals surface area contributed by atoms with Crippen LogP contribution in [0, 0.1) is 5.92 Å². The molecule has 1 aromatic heterocycles. The van der Waals surface area contributed by atoms with Crippen LogP contribution in [0.4, 0.5) is 11.6 Å². The highest BCUT2D eigenvalue weighted by Crippen LogP contribution is 2.33. The Balaban J connectivity index is 2.12. The summed E-state index contributed by atoms with van der Waals surface area (Å²) in [5.74, 6) is 1.56. The predicted octanol–water partition coefficient (Wildman–Crippen LogP) is 2.78. The lowest BCUT2D eigenvalue weighted by atomic mass is 9.96. The SMILES string of the molecule is CCNc1nc(N2CCC(C(=O)NC)CC2)c(Cl)cc1Cl. The summed E-state index contributed by atoms with van der Waals surface area (Å²) in [5.41, 5.74) is 0. The zero-order valence-corrected chi connectivity index (χ0v) is 13.8. The second-order valence-corrected chi connectivity index (χ2v) is 5.84. The predicted molar refractivity (Wildman–Crippen MR) is 87.4 cm³/mol. The Morgan fingerprint density at radius 1 is 1.38 bits per heavy atom. The van der Waals surface area contributed by atoms with Crippen LogP contribution in [0.5, 0.6) is 0 Å². The molecule has 1 amide bonds. The van der Waals surface area contributed by atoms with Crippen molar-refractivity contribution in [2.24, 2.45) is 5.92 Å². The minimum absolute atomic E-state index is 0.0746. The first kappa shape index (κ1) is 16.2. The Hall–Kier alpha value is -1.20. The molecule has 0 unspecified atom stereocenters. The number of amides is 1. The van der Waals surface area contributed by atoms with Gasteiger partial charge in [-0.25, -0.2) is 4.98 Å². The lowest BCUT2D eigenvalue weighted by Crippen LogP contribution is -2.40. The Bertz CT molecular complexity index is 516. The van der Waals surface area contributed by atoms with Crippen LogP contribution in [0.3, 0.4) is 0 Å². The van der Waals surface area contributed by atoms with E-state index in [9.17, 15) is 4.79 Å². The summed E-state index contributed by atoms with van der Waals surface area (Å²) in [7, 11) is 1.68. The Kier molecular flexibility index (Phi) is 5.53. The second kappa shape index (κ2) is 7.18. The molecule has 1 aromatic rings. The molecule has 2 N–H and O–H groups in total. The summed E-state index contributed by atoms with van der Waals surface area (Å²) in [6.07, 6.45) is 1.60. The first-order chi connectivity index (χ1) is 10.1. The van der Waals surface area contributed by atoms with Crippen molar-refractivity contribution in [3.05, 3.63) is 16.1 Å². The highest BCUT2D eigenvalue weighted by molar-refractivity contribution is 6.37. The van der Waals surface area contributed by atoms with Gasteiger partial charge in [-0.15, -0.1) is 0 Å². The van der Waals surface area contributed by atoms with Gasteiger partial charge in [0, 0.05) is 32.6 Å². The quantitative estimate of drug-likeness (QED) is 0.891. The van der Waals surface area contributed by atoms with Crippen LogP contribution in [0.1, 0.15) is 19.8 Å². The molecule has 0 aromatic carbocycles. The van der Waals surface area contributed by atoms with Gasteiger partial charge >= 0.3 is 0 Å². The molecule has 1 saturated heterocycles. The number of nitrogens with zero attached hydrogens (tertiary/aromatic N) is 2. The largest absolute Gasteiger partial charge is 0.369 e. The maximum Gasteiger partial charge on any atom is 0.222 e. The summed E-state index contributed by atoms with van der Waals surface area (Å²) in [6, 6.07) is 1.72. The zero-order chi connectivity index (χ0) is 15.4. The molecule has 0 aliphatic carbocycles. The minimum Gasteiger partial charge on any atom is -0.369 e. The number of aromatic nitrogens is 1. The lowest BCUT2D eigenvalue weighted by molar-refractivity contribution is -0.125. The highest BCUT2D eigenvalue weighted by Gasteiger charge is 2.26. The highest BCUT2D eigenvalue weighted by atomic mass is 35.5. The molecule has 0 saturated carbocycles. The fourth-order valence-corrected chi connectivity index (χ4v) is 3.07. The number of carbonyl (C=O) groups excluding carboxylic acids is 1. The van der Waals surface area contributed by atoms with Crippen molar-refractivity contribution in [2.45, 2.75) is 19.8 Å². The molecule has 5 nitrogen and oxygen atoms in total. The van der Waals surface area contributed by atoms with Crippen molar-refractivity contribution in [2.75, 3.05) is 36.9 Å². The van der Waals surface area contributed by atoms with Gasteiger partial charge in [0.1, 0.15) is 11.6 Å². The number of halogens is 2. The van der Waals surface area contributed by atoms with Crippen molar-refractivity contribution < 1.29 is 4.79 Å². The van der Waals surface area contributed by atoms with Crippen molar-refractivity contribution in [1.29, 1.82) is 0 Å². The van der Waals surface area contributed by atoms with Gasteiger partial charge < -0.3 is 15.5 Å². The zero-order valence-electron chi connectivity index (χ0n) is 12.2. The fourth-order valence-electron chi connectivity index (χ4n) is 2.53. The maximum absolute atomic E-state index is 11.7. The Labute approximate surface area is 135 Å². The van der Waals surface area contributed by atoms with Crippen LogP contribution in [-0.4, -0.2) is 37.6 Å². The topological polar surface area (TPSA) is 57.3 Å².